The van der Waals surface area contributed by atoms with Crippen LogP contribution in [0, 0.1) is 18.3 Å². The first kappa shape index (κ1) is 11.7. The summed E-state index contributed by atoms with van der Waals surface area (Å²) in [5, 5.41) is 8.94. The maximum absolute atomic E-state index is 8.94. The second-order valence-electron chi connectivity index (χ2n) is 3.96. The van der Waals surface area contributed by atoms with E-state index in [4.69, 9.17) is 5.26 Å². The molecule has 1 aromatic carbocycles. The number of nitriles is 1. The second kappa shape index (κ2) is 5.53. The molecule has 0 spiro atoms. The van der Waals surface area contributed by atoms with Crippen LogP contribution in [0.5, 0.6) is 0 Å². The largest absolute Gasteiger partial charge is 0.287 e. The summed E-state index contributed by atoms with van der Waals surface area (Å²) >= 11 is 0. The predicted octanol–water partition coefficient (Wildman–Crippen LogP) is 2.73. The number of hydrogen-bond donors (Lipinski definition) is 0. The van der Waals surface area contributed by atoms with Gasteiger partial charge in [-0.15, -0.1) is 0 Å². The van der Waals surface area contributed by atoms with E-state index in [1.54, 1.807) is 0 Å². The Labute approximate surface area is 92.1 Å². The highest BCUT2D eigenvalue weighted by atomic mass is 15.1. The van der Waals surface area contributed by atoms with Gasteiger partial charge in [0.25, 0.3) is 0 Å². The van der Waals surface area contributed by atoms with Gasteiger partial charge in [-0.25, -0.2) is 0 Å². The van der Waals surface area contributed by atoms with Gasteiger partial charge >= 0.3 is 0 Å². The van der Waals surface area contributed by atoms with Crippen LogP contribution < -0.4 is 0 Å². The van der Waals surface area contributed by atoms with Crippen molar-refractivity contribution < 1.29 is 0 Å². The molecule has 0 aliphatic carbocycles. The lowest BCUT2D eigenvalue weighted by Gasteiger charge is -2.21. The fourth-order valence-electron chi connectivity index (χ4n) is 1.71. The molecule has 1 aromatic rings. The molecular formula is C13H18N2. The van der Waals surface area contributed by atoms with E-state index in [2.05, 4.69) is 42.2 Å². The van der Waals surface area contributed by atoms with Gasteiger partial charge in [-0.05, 0) is 26.0 Å². The van der Waals surface area contributed by atoms with Gasteiger partial charge in [0.2, 0.25) is 0 Å². The Morgan fingerprint density at radius 2 is 2.20 bits per heavy atom. The molecule has 0 amide bonds. The summed E-state index contributed by atoms with van der Waals surface area (Å²) in [7, 11) is 2.00. The van der Waals surface area contributed by atoms with Gasteiger partial charge in [-0.3, -0.25) is 4.90 Å². The average Bonchev–Trinajstić information content (AvgIpc) is 2.19. The Bertz CT molecular complexity index is 352. The van der Waals surface area contributed by atoms with E-state index in [9.17, 15) is 0 Å². The molecule has 0 aliphatic heterocycles. The van der Waals surface area contributed by atoms with E-state index < -0.39 is 0 Å². The smallest absolute Gasteiger partial charge is 0.0975 e. The van der Waals surface area contributed by atoms with Crippen LogP contribution in [-0.4, -0.2) is 18.0 Å². The maximum Gasteiger partial charge on any atom is 0.0975 e. The van der Waals surface area contributed by atoms with Crippen molar-refractivity contribution >= 4 is 0 Å². The second-order valence-corrected chi connectivity index (χ2v) is 3.96. The van der Waals surface area contributed by atoms with Gasteiger partial charge in [0.15, 0.2) is 0 Å². The Kier molecular flexibility index (Phi) is 4.33. The van der Waals surface area contributed by atoms with Crippen LogP contribution in [0.4, 0.5) is 0 Å². The summed E-state index contributed by atoms with van der Waals surface area (Å²) in [6.07, 6.45) is 0.874. The summed E-state index contributed by atoms with van der Waals surface area (Å²) in [4.78, 5) is 2.09. The van der Waals surface area contributed by atoms with E-state index >= 15 is 0 Å². The van der Waals surface area contributed by atoms with Gasteiger partial charge in [0.1, 0.15) is 0 Å². The molecule has 1 unspecified atom stereocenters. The van der Waals surface area contributed by atoms with Crippen molar-refractivity contribution in [1.29, 1.82) is 5.26 Å². The van der Waals surface area contributed by atoms with Gasteiger partial charge in [0, 0.05) is 6.54 Å². The molecule has 80 valence electrons. The molecule has 0 N–H and O–H groups in total. The van der Waals surface area contributed by atoms with Crippen molar-refractivity contribution in [3.63, 3.8) is 0 Å². The average molecular weight is 202 g/mol. The molecule has 2 heteroatoms. The standard InChI is InChI=1S/C13H18N2/c1-4-13(9-14)15(3)10-12-7-5-6-11(2)8-12/h5-8,13H,4,10H2,1-3H3. The summed E-state index contributed by atoms with van der Waals surface area (Å²) in [6, 6.07) is 10.8. The molecule has 15 heavy (non-hydrogen) atoms. The molecule has 0 saturated carbocycles. The van der Waals surface area contributed by atoms with Crippen LogP contribution in [-0.2, 0) is 6.54 Å². The van der Waals surface area contributed by atoms with Crippen molar-refractivity contribution in [2.24, 2.45) is 0 Å². The Balaban J connectivity index is 2.66. The Morgan fingerprint density at radius 3 is 2.73 bits per heavy atom. The minimum absolute atomic E-state index is 0.0190. The molecule has 0 heterocycles. The molecule has 0 bridgehead atoms. The van der Waals surface area contributed by atoms with Gasteiger partial charge in [-0.1, -0.05) is 36.8 Å². The summed E-state index contributed by atoms with van der Waals surface area (Å²) in [5.74, 6) is 0. The minimum Gasteiger partial charge on any atom is -0.287 e. The van der Waals surface area contributed by atoms with Crippen LogP contribution in [0.1, 0.15) is 24.5 Å². The van der Waals surface area contributed by atoms with Crippen molar-refractivity contribution in [3.05, 3.63) is 35.4 Å². The third-order valence-corrected chi connectivity index (χ3v) is 2.58. The monoisotopic (exact) mass is 202 g/mol. The minimum atomic E-state index is 0.0190. The van der Waals surface area contributed by atoms with E-state index in [-0.39, 0.29) is 6.04 Å². The van der Waals surface area contributed by atoms with Crippen molar-refractivity contribution in [2.45, 2.75) is 32.9 Å². The number of aryl methyl sites for hydroxylation is 1. The SMILES string of the molecule is CCC(C#N)N(C)Cc1cccc(C)c1. The van der Waals surface area contributed by atoms with Crippen LogP contribution in [0.25, 0.3) is 0 Å². The zero-order chi connectivity index (χ0) is 11.3. The first-order chi connectivity index (χ1) is 7.17. The maximum atomic E-state index is 8.94. The van der Waals surface area contributed by atoms with Crippen LogP contribution in [0.3, 0.4) is 0 Å². The quantitative estimate of drug-likeness (QED) is 0.750. The Hall–Kier alpha value is -1.33. The highest BCUT2D eigenvalue weighted by molar-refractivity contribution is 5.22. The fourth-order valence-corrected chi connectivity index (χ4v) is 1.71. The summed E-state index contributed by atoms with van der Waals surface area (Å²) in [5.41, 5.74) is 2.54. The van der Waals surface area contributed by atoms with Crippen LogP contribution in [0.2, 0.25) is 0 Å². The molecular weight excluding hydrogens is 184 g/mol. The molecule has 1 atom stereocenters. The van der Waals surface area contributed by atoms with Gasteiger partial charge < -0.3 is 0 Å². The normalized spacial score (nSPS) is 12.5. The van der Waals surface area contributed by atoms with Gasteiger partial charge in [0.05, 0.1) is 12.1 Å². The highest BCUT2D eigenvalue weighted by Gasteiger charge is 2.11. The Morgan fingerprint density at radius 1 is 1.47 bits per heavy atom. The number of hydrogen-bond acceptors (Lipinski definition) is 2. The lowest BCUT2D eigenvalue weighted by Crippen LogP contribution is -2.29. The van der Waals surface area contributed by atoms with E-state index in [0.717, 1.165) is 13.0 Å². The topological polar surface area (TPSA) is 27.0 Å². The lowest BCUT2D eigenvalue weighted by atomic mass is 10.1. The number of benzene rings is 1. The molecule has 0 radical (unpaired) electrons. The molecule has 1 rings (SSSR count). The first-order valence-corrected chi connectivity index (χ1v) is 5.32. The third kappa shape index (κ3) is 3.38. The van der Waals surface area contributed by atoms with Crippen LogP contribution >= 0.6 is 0 Å². The first-order valence-electron chi connectivity index (χ1n) is 5.32. The van der Waals surface area contributed by atoms with Gasteiger partial charge in [-0.2, -0.15) is 5.26 Å². The van der Waals surface area contributed by atoms with Crippen molar-refractivity contribution in [3.8, 4) is 6.07 Å². The highest BCUT2D eigenvalue weighted by Crippen LogP contribution is 2.09. The van der Waals surface area contributed by atoms with E-state index in [1.165, 1.54) is 11.1 Å². The number of rotatable bonds is 4. The van der Waals surface area contributed by atoms with Crippen molar-refractivity contribution in [1.82, 2.24) is 4.90 Å². The van der Waals surface area contributed by atoms with Crippen LogP contribution in [0.15, 0.2) is 24.3 Å². The molecule has 0 fully saturated rings. The zero-order valence-corrected chi connectivity index (χ0v) is 9.70. The molecule has 2 nitrogen and oxygen atoms in total. The van der Waals surface area contributed by atoms with Crippen molar-refractivity contribution in [2.75, 3.05) is 7.05 Å². The fraction of sp³-hybridized carbons (Fsp3) is 0.462. The zero-order valence-electron chi connectivity index (χ0n) is 9.70. The summed E-state index contributed by atoms with van der Waals surface area (Å²) < 4.78 is 0. The third-order valence-electron chi connectivity index (χ3n) is 2.58. The van der Waals surface area contributed by atoms with E-state index in [0.29, 0.717) is 0 Å². The molecule has 0 saturated heterocycles. The molecule has 0 aromatic heterocycles. The number of nitrogens with zero attached hydrogens (tertiary/aromatic N) is 2. The lowest BCUT2D eigenvalue weighted by molar-refractivity contribution is 0.273. The van der Waals surface area contributed by atoms with E-state index in [1.807, 2.05) is 14.0 Å². The predicted molar refractivity (Wildman–Crippen MR) is 62.3 cm³/mol. The molecule has 0 aliphatic rings. The summed E-state index contributed by atoms with van der Waals surface area (Å²) in [6.45, 7) is 4.97.